The topological polar surface area (TPSA) is 42.7 Å². The number of hydrogen-bond donors (Lipinski definition) is 1. The van der Waals surface area contributed by atoms with Crippen LogP contribution in [0.25, 0.3) is 16.9 Å². The van der Waals surface area contributed by atoms with E-state index in [2.05, 4.69) is 39.9 Å². The average molecular weight is 264 g/mol. The Hall–Kier alpha value is -2.46. The summed E-state index contributed by atoms with van der Waals surface area (Å²) >= 11 is 0. The summed E-state index contributed by atoms with van der Waals surface area (Å²) in [5, 5.41) is 11.4. The fraction of sp³-hybridized carbons (Fsp3) is 0.125. The number of aromatic nitrogens is 3. The van der Waals surface area contributed by atoms with Gasteiger partial charge in [-0.05, 0) is 24.7 Å². The Morgan fingerprint density at radius 1 is 1.00 bits per heavy atom. The predicted molar refractivity (Wildman–Crippen MR) is 79.6 cm³/mol. The maximum atomic E-state index is 4.18. The molecule has 4 heteroatoms. The van der Waals surface area contributed by atoms with Crippen molar-refractivity contribution in [2.75, 3.05) is 7.05 Å². The predicted octanol–water partition coefficient (Wildman–Crippen LogP) is 2.65. The molecule has 4 nitrogen and oxygen atoms in total. The minimum atomic E-state index is 0.872. The summed E-state index contributed by atoms with van der Waals surface area (Å²) in [4.78, 5) is 0. The molecule has 2 aromatic carbocycles. The van der Waals surface area contributed by atoms with E-state index in [4.69, 9.17) is 0 Å². The van der Waals surface area contributed by atoms with Crippen LogP contribution in [0.5, 0.6) is 0 Å². The minimum Gasteiger partial charge on any atom is -0.316 e. The summed E-state index contributed by atoms with van der Waals surface area (Å²) in [6, 6.07) is 18.5. The molecule has 0 aliphatic carbocycles. The van der Waals surface area contributed by atoms with E-state index in [1.807, 2.05) is 42.1 Å². The summed E-state index contributed by atoms with van der Waals surface area (Å²) < 4.78 is 1.85. The Labute approximate surface area is 118 Å². The molecule has 0 spiro atoms. The highest BCUT2D eigenvalue weighted by atomic mass is 15.4. The molecule has 100 valence electrons. The van der Waals surface area contributed by atoms with Gasteiger partial charge in [-0.3, -0.25) is 0 Å². The fourth-order valence-electron chi connectivity index (χ4n) is 2.19. The number of rotatable bonds is 4. The lowest BCUT2D eigenvalue weighted by atomic mass is 10.1. The lowest BCUT2D eigenvalue weighted by molar-refractivity contribution is 0.807. The van der Waals surface area contributed by atoms with E-state index in [-0.39, 0.29) is 0 Å². The molecular formula is C16H16N4. The van der Waals surface area contributed by atoms with Gasteiger partial charge in [-0.25, -0.2) is 4.68 Å². The molecular weight excluding hydrogens is 248 g/mol. The number of para-hydroxylation sites is 1. The molecule has 1 N–H and O–H groups in total. The zero-order valence-corrected chi connectivity index (χ0v) is 11.3. The van der Waals surface area contributed by atoms with Crippen LogP contribution >= 0.6 is 0 Å². The lowest BCUT2D eigenvalue weighted by Crippen LogP contribution is -2.04. The van der Waals surface area contributed by atoms with Crippen molar-refractivity contribution in [2.24, 2.45) is 0 Å². The third-order valence-corrected chi connectivity index (χ3v) is 3.18. The van der Waals surface area contributed by atoms with E-state index in [0.717, 1.165) is 23.5 Å². The van der Waals surface area contributed by atoms with Crippen molar-refractivity contribution in [3.8, 4) is 16.9 Å². The second-order valence-electron chi connectivity index (χ2n) is 4.59. The molecule has 0 aliphatic rings. The van der Waals surface area contributed by atoms with Gasteiger partial charge in [0.25, 0.3) is 0 Å². The summed E-state index contributed by atoms with van der Waals surface area (Å²) in [6.45, 7) is 0.872. The zero-order chi connectivity index (χ0) is 13.8. The molecule has 0 saturated carbocycles. The summed E-state index contributed by atoms with van der Waals surface area (Å²) in [5.74, 6) is 0. The number of nitrogens with one attached hydrogen (secondary N) is 1. The molecule has 0 aliphatic heterocycles. The Balaban J connectivity index is 1.97. The molecule has 3 rings (SSSR count). The van der Waals surface area contributed by atoms with Crippen LogP contribution in [-0.2, 0) is 6.54 Å². The van der Waals surface area contributed by atoms with Gasteiger partial charge in [0.05, 0.1) is 17.6 Å². The first-order chi connectivity index (χ1) is 9.88. The smallest absolute Gasteiger partial charge is 0.0944 e. The van der Waals surface area contributed by atoms with E-state index in [0.29, 0.717) is 0 Å². The van der Waals surface area contributed by atoms with Crippen LogP contribution in [0.2, 0.25) is 0 Å². The van der Waals surface area contributed by atoms with Crippen molar-refractivity contribution in [1.82, 2.24) is 20.3 Å². The summed E-state index contributed by atoms with van der Waals surface area (Å²) in [6.07, 6.45) is 1.79. The van der Waals surface area contributed by atoms with E-state index >= 15 is 0 Å². The van der Waals surface area contributed by atoms with Gasteiger partial charge in [0.2, 0.25) is 0 Å². The van der Waals surface area contributed by atoms with Gasteiger partial charge >= 0.3 is 0 Å². The highest BCUT2D eigenvalue weighted by Gasteiger charge is 2.08. The van der Waals surface area contributed by atoms with Crippen LogP contribution in [0.15, 0.2) is 60.8 Å². The van der Waals surface area contributed by atoms with E-state index in [1.54, 1.807) is 6.20 Å². The average Bonchev–Trinajstić information content (AvgIpc) is 2.99. The molecule has 0 fully saturated rings. The standard InChI is InChI=1S/C16H16N4/c1-17-11-13-7-9-14(10-8-13)16-12-18-19-20(16)15-5-3-2-4-6-15/h2-10,12,17H,11H2,1H3. The molecule has 20 heavy (non-hydrogen) atoms. The van der Waals surface area contributed by atoms with Crippen LogP contribution in [-0.4, -0.2) is 22.0 Å². The van der Waals surface area contributed by atoms with E-state index in [9.17, 15) is 0 Å². The van der Waals surface area contributed by atoms with Crippen molar-refractivity contribution in [3.05, 3.63) is 66.4 Å². The first-order valence-electron chi connectivity index (χ1n) is 6.58. The SMILES string of the molecule is CNCc1ccc(-c2cnnn2-c2ccccc2)cc1. The maximum Gasteiger partial charge on any atom is 0.0944 e. The number of benzene rings is 2. The highest BCUT2D eigenvalue weighted by molar-refractivity contribution is 5.61. The molecule has 0 bridgehead atoms. The Kier molecular flexibility index (Phi) is 3.56. The minimum absolute atomic E-state index is 0.872. The molecule has 0 radical (unpaired) electrons. The van der Waals surface area contributed by atoms with Crippen LogP contribution in [0.1, 0.15) is 5.56 Å². The van der Waals surface area contributed by atoms with Crippen molar-refractivity contribution < 1.29 is 0 Å². The zero-order valence-electron chi connectivity index (χ0n) is 11.3. The third kappa shape index (κ3) is 2.46. The number of nitrogens with zero attached hydrogens (tertiary/aromatic N) is 3. The van der Waals surface area contributed by atoms with Gasteiger partial charge in [-0.2, -0.15) is 0 Å². The van der Waals surface area contributed by atoms with Crippen LogP contribution in [0.3, 0.4) is 0 Å². The molecule has 0 saturated heterocycles. The van der Waals surface area contributed by atoms with E-state index in [1.165, 1.54) is 5.56 Å². The largest absolute Gasteiger partial charge is 0.316 e. The quantitative estimate of drug-likeness (QED) is 0.787. The fourth-order valence-corrected chi connectivity index (χ4v) is 2.19. The van der Waals surface area contributed by atoms with E-state index < -0.39 is 0 Å². The molecule has 1 heterocycles. The Morgan fingerprint density at radius 3 is 2.45 bits per heavy atom. The van der Waals surface area contributed by atoms with Crippen LogP contribution in [0.4, 0.5) is 0 Å². The van der Waals surface area contributed by atoms with Gasteiger partial charge in [0, 0.05) is 12.1 Å². The molecule has 0 atom stereocenters. The Bertz CT molecular complexity index is 671. The van der Waals surface area contributed by atoms with Gasteiger partial charge in [0.1, 0.15) is 0 Å². The highest BCUT2D eigenvalue weighted by Crippen LogP contribution is 2.21. The van der Waals surface area contributed by atoms with Gasteiger partial charge in [-0.15, -0.1) is 5.10 Å². The van der Waals surface area contributed by atoms with Gasteiger partial charge in [0.15, 0.2) is 0 Å². The second kappa shape index (κ2) is 5.67. The second-order valence-corrected chi connectivity index (χ2v) is 4.59. The van der Waals surface area contributed by atoms with Crippen molar-refractivity contribution in [3.63, 3.8) is 0 Å². The molecule has 0 amide bonds. The normalized spacial score (nSPS) is 10.7. The van der Waals surface area contributed by atoms with Gasteiger partial charge in [-0.1, -0.05) is 47.7 Å². The Morgan fingerprint density at radius 2 is 1.75 bits per heavy atom. The van der Waals surface area contributed by atoms with Crippen molar-refractivity contribution >= 4 is 0 Å². The molecule has 0 unspecified atom stereocenters. The van der Waals surface area contributed by atoms with Crippen molar-refractivity contribution in [2.45, 2.75) is 6.54 Å². The maximum absolute atomic E-state index is 4.18. The third-order valence-electron chi connectivity index (χ3n) is 3.18. The molecule has 1 aromatic heterocycles. The van der Waals surface area contributed by atoms with Gasteiger partial charge < -0.3 is 5.32 Å². The number of hydrogen-bond acceptors (Lipinski definition) is 3. The lowest BCUT2D eigenvalue weighted by Gasteiger charge is -2.07. The summed E-state index contributed by atoms with van der Waals surface area (Å²) in [5.41, 5.74) is 4.38. The van der Waals surface area contributed by atoms with Crippen molar-refractivity contribution in [1.29, 1.82) is 0 Å². The first kappa shape index (κ1) is 12.6. The first-order valence-corrected chi connectivity index (χ1v) is 6.58. The monoisotopic (exact) mass is 264 g/mol. The molecule has 3 aromatic rings. The summed E-state index contributed by atoms with van der Waals surface area (Å²) in [7, 11) is 1.95. The van der Waals surface area contributed by atoms with Crippen LogP contribution < -0.4 is 5.32 Å². The van der Waals surface area contributed by atoms with Crippen LogP contribution in [0, 0.1) is 0 Å².